The van der Waals surface area contributed by atoms with Crippen LogP contribution < -0.4 is 0 Å². The molecule has 3 rings (SSSR count). The molecule has 0 bridgehead atoms. The first-order valence-corrected chi connectivity index (χ1v) is 6.58. The third-order valence-corrected chi connectivity index (χ3v) is 4.33. The third kappa shape index (κ3) is 2.02. The zero-order valence-corrected chi connectivity index (χ0v) is 10.2. The van der Waals surface area contributed by atoms with Crippen molar-refractivity contribution in [2.24, 2.45) is 5.41 Å². The van der Waals surface area contributed by atoms with Crippen LogP contribution in [-0.2, 0) is 11.3 Å². The molecule has 1 aliphatic carbocycles. The highest BCUT2D eigenvalue weighted by Gasteiger charge is 2.46. The van der Waals surface area contributed by atoms with E-state index in [-0.39, 0.29) is 5.41 Å². The van der Waals surface area contributed by atoms with E-state index in [4.69, 9.17) is 0 Å². The number of Topliss-reactive ketones (excluding diaryl/α,β-unsaturated/α-hetero) is 1. The summed E-state index contributed by atoms with van der Waals surface area (Å²) in [6.45, 7) is 3.07. The summed E-state index contributed by atoms with van der Waals surface area (Å²) in [5, 5.41) is 0. The number of nitrogens with zero attached hydrogens (tertiary/aromatic N) is 1. The van der Waals surface area contributed by atoms with Gasteiger partial charge in [-0.1, -0.05) is 30.3 Å². The molecule has 1 aliphatic heterocycles. The number of hydrogen-bond donors (Lipinski definition) is 0. The fraction of sp³-hybridized carbons (Fsp3) is 0.533. The molecule has 0 unspecified atom stereocenters. The lowest BCUT2D eigenvalue weighted by molar-refractivity contribution is -0.125. The molecule has 90 valence electrons. The second-order valence-electron chi connectivity index (χ2n) is 5.50. The lowest BCUT2D eigenvalue weighted by atomic mass is 9.84. The van der Waals surface area contributed by atoms with Crippen molar-refractivity contribution in [3.8, 4) is 0 Å². The summed E-state index contributed by atoms with van der Waals surface area (Å²) in [5.74, 6) is 0.521. The minimum atomic E-state index is 0.0365. The Bertz CT molecular complexity index is 414. The molecule has 2 nitrogen and oxygen atoms in total. The number of carbonyl (C=O) groups is 1. The van der Waals surface area contributed by atoms with Crippen LogP contribution in [0.25, 0.3) is 0 Å². The van der Waals surface area contributed by atoms with Crippen LogP contribution in [0.3, 0.4) is 0 Å². The minimum Gasteiger partial charge on any atom is -0.299 e. The van der Waals surface area contributed by atoms with Crippen LogP contribution in [0.5, 0.6) is 0 Å². The fourth-order valence-corrected chi connectivity index (χ4v) is 3.36. The second-order valence-corrected chi connectivity index (χ2v) is 5.50. The smallest absolute Gasteiger partial charge is 0.140 e. The molecular formula is C15H19NO. The summed E-state index contributed by atoms with van der Waals surface area (Å²) in [4.78, 5) is 14.4. The van der Waals surface area contributed by atoms with Crippen molar-refractivity contribution >= 4 is 5.78 Å². The zero-order valence-electron chi connectivity index (χ0n) is 10.2. The third-order valence-electron chi connectivity index (χ3n) is 4.33. The maximum atomic E-state index is 12.0. The second kappa shape index (κ2) is 4.26. The summed E-state index contributed by atoms with van der Waals surface area (Å²) < 4.78 is 0. The molecule has 1 heterocycles. The van der Waals surface area contributed by atoms with Crippen LogP contribution in [0, 0.1) is 5.41 Å². The molecule has 2 aliphatic rings. The Morgan fingerprint density at radius 2 is 2.00 bits per heavy atom. The lowest BCUT2D eigenvalue weighted by Gasteiger charge is -2.22. The quantitative estimate of drug-likeness (QED) is 0.777. The van der Waals surface area contributed by atoms with Crippen LogP contribution >= 0.6 is 0 Å². The molecule has 17 heavy (non-hydrogen) atoms. The Balaban J connectivity index is 1.67. The molecule has 0 radical (unpaired) electrons. The van der Waals surface area contributed by atoms with Gasteiger partial charge in [0.1, 0.15) is 5.78 Å². The standard InChI is InChI=1S/C15H19NO/c17-14-7-4-8-15(14)9-10-16(12-15)11-13-5-2-1-3-6-13/h1-3,5-6H,4,7-12H2/t15-/m1/s1. The van der Waals surface area contributed by atoms with Gasteiger partial charge in [-0.15, -0.1) is 0 Å². The van der Waals surface area contributed by atoms with E-state index >= 15 is 0 Å². The normalized spacial score (nSPS) is 29.3. The van der Waals surface area contributed by atoms with Crippen molar-refractivity contribution in [2.75, 3.05) is 13.1 Å². The van der Waals surface area contributed by atoms with Crippen LogP contribution in [0.15, 0.2) is 30.3 Å². The summed E-state index contributed by atoms with van der Waals surface area (Å²) >= 11 is 0. The molecule has 2 heteroatoms. The predicted molar refractivity (Wildman–Crippen MR) is 67.6 cm³/mol. The zero-order chi connectivity index (χ0) is 11.7. The van der Waals surface area contributed by atoms with Gasteiger partial charge in [0.2, 0.25) is 0 Å². The van der Waals surface area contributed by atoms with Gasteiger partial charge in [-0.25, -0.2) is 0 Å². The Labute approximate surface area is 103 Å². The number of carbonyl (C=O) groups excluding carboxylic acids is 1. The van der Waals surface area contributed by atoms with E-state index in [1.54, 1.807) is 0 Å². The van der Waals surface area contributed by atoms with E-state index in [0.717, 1.165) is 45.3 Å². The minimum absolute atomic E-state index is 0.0365. The molecule has 1 saturated carbocycles. The maximum absolute atomic E-state index is 12.0. The van der Waals surface area contributed by atoms with Gasteiger partial charge >= 0.3 is 0 Å². The predicted octanol–water partition coefficient (Wildman–Crippen LogP) is 2.63. The van der Waals surface area contributed by atoms with Crippen LogP contribution in [-0.4, -0.2) is 23.8 Å². The molecule has 0 N–H and O–H groups in total. The molecule has 1 atom stereocenters. The summed E-state index contributed by atoms with van der Waals surface area (Å²) in [7, 11) is 0. The first-order chi connectivity index (χ1) is 8.28. The van der Waals surface area contributed by atoms with E-state index in [2.05, 4.69) is 35.2 Å². The van der Waals surface area contributed by atoms with Gasteiger partial charge < -0.3 is 0 Å². The van der Waals surface area contributed by atoms with Gasteiger partial charge in [-0.3, -0.25) is 9.69 Å². The topological polar surface area (TPSA) is 20.3 Å². The summed E-state index contributed by atoms with van der Waals surface area (Å²) in [6.07, 6.45) is 4.13. The summed E-state index contributed by atoms with van der Waals surface area (Å²) in [6, 6.07) is 10.6. The highest BCUT2D eigenvalue weighted by molar-refractivity contribution is 5.87. The van der Waals surface area contributed by atoms with E-state index in [1.165, 1.54) is 5.56 Å². The van der Waals surface area contributed by atoms with E-state index in [1.807, 2.05) is 0 Å². The van der Waals surface area contributed by atoms with Crippen LogP contribution in [0.4, 0.5) is 0 Å². The van der Waals surface area contributed by atoms with E-state index < -0.39 is 0 Å². The Kier molecular flexibility index (Phi) is 2.75. The average Bonchev–Trinajstić information content (AvgIpc) is 2.90. The SMILES string of the molecule is O=C1CCC[C@]12CCN(Cc1ccccc1)C2. The van der Waals surface area contributed by atoms with Crippen molar-refractivity contribution in [1.29, 1.82) is 0 Å². The van der Waals surface area contributed by atoms with Crippen molar-refractivity contribution in [3.05, 3.63) is 35.9 Å². The number of likely N-dealkylation sites (tertiary alicyclic amines) is 1. The molecule has 2 fully saturated rings. The largest absolute Gasteiger partial charge is 0.299 e. The van der Waals surface area contributed by atoms with Gasteiger partial charge in [0.25, 0.3) is 0 Å². The monoisotopic (exact) mass is 229 g/mol. The lowest BCUT2D eigenvalue weighted by Crippen LogP contribution is -2.30. The highest BCUT2D eigenvalue weighted by Crippen LogP contribution is 2.42. The molecule has 1 aromatic rings. The maximum Gasteiger partial charge on any atom is 0.140 e. The van der Waals surface area contributed by atoms with Crippen molar-refractivity contribution < 1.29 is 4.79 Å². The molecule has 1 spiro atoms. The van der Waals surface area contributed by atoms with Gasteiger partial charge in [0.05, 0.1) is 0 Å². The fourth-order valence-electron chi connectivity index (χ4n) is 3.36. The van der Waals surface area contributed by atoms with E-state index in [9.17, 15) is 4.79 Å². The van der Waals surface area contributed by atoms with Gasteiger partial charge in [-0.05, 0) is 31.4 Å². The molecular weight excluding hydrogens is 210 g/mol. The van der Waals surface area contributed by atoms with Gasteiger partial charge in [-0.2, -0.15) is 0 Å². The molecule has 1 aromatic carbocycles. The molecule has 0 aromatic heterocycles. The van der Waals surface area contributed by atoms with Gasteiger partial charge in [0.15, 0.2) is 0 Å². The van der Waals surface area contributed by atoms with E-state index in [0.29, 0.717) is 5.78 Å². The first-order valence-electron chi connectivity index (χ1n) is 6.58. The Morgan fingerprint density at radius 1 is 1.18 bits per heavy atom. The van der Waals surface area contributed by atoms with Gasteiger partial charge in [0, 0.05) is 24.9 Å². The van der Waals surface area contributed by atoms with Crippen LogP contribution in [0.2, 0.25) is 0 Å². The number of ketones is 1. The molecule has 1 saturated heterocycles. The van der Waals surface area contributed by atoms with Crippen molar-refractivity contribution in [1.82, 2.24) is 4.90 Å². The average molecular weight is 229 g/mol. The molecule has 0 amide bonds. The highest BCUT2D eigenvalue weighted by atomic mass is 16.1. The summed E-state index contributed by atoms with van der Waals surface area (Å²) in [5.41, 5.74) is 1.39. The Hall–Kier alpha value is -1.15. The van der Waals surface area contributed by atoms with Crippen molar-refractivity contribution in [2.45, 2.75) is 32.2 Å². The Morgan fingerprint density at radius 3 is 2.71 bits per heavy atom. The number of hydrogen-bond acceptors (Lipinski definition) is 2. The number of benzene rings is 1. The van der Waals surface area contributed by atoms with Crippen LogP contribution in [0.1, 0.15) is 31.2 Å². The van der Waals surface area contributed by atoms with Crippen molar-refractivity contribution in [3.63, 3.8) is 0 Å². The first kappa shape index (κ1) is 11.0. The number of rotatable bonds is 2.